The quantitative estimate of drug-likeness (QED) is 0.856. The number of nitrogens with one attached hydrogen (secondary N) is 1. The molecule has 1 saturated heterocycles. The highest BCUT2D eigenvalue weighted by atomic mass is 35.5. The van der Waals surface area contributed by atoms with Crippen molar-refractivity contribution in [2.75, 3.05) is 19.6 Å². The summed E-state index contributed by atoms with van der Waals surface area (Å²) >= 11 is 11.9. The van der Waals surface area contributed by atoms with Crippen molar-refractivity contribution >= 4 is 29.1 Å². The Balaban J connectivity index is 2.09. The van der Waals surface area contributed by atoms with Crippen LogP contribution in [-0.2, 0) is 0 Å². The molecule has 1 unspecified atom stereocenters. The zero-order chi connectivity index (χ0) is 15.2. The first-order valence-electron chi connectivity index (χ1n) is 7.59. The molecule has 1 aromatic rings. The fourth-order valence-corrected chi connectivity index (χ4v) is 2.91. The van der Waals surface area contributed by atoms with E-state index in [1.165, 1.54) is 6.42 Å². The number of nitrogens with zero attached hydrogens (tertiary/aromatic N) is 1. The minimum atomic E-state index is 0.0377. The highest BCUT2D eigenvalue weighted by molar-refractivity contribution is 6.42. The van der Waals surface area contributed by atoms with Crippen LogP contribution >= 0.6 is 23.2 Å². The summed E-state index contributed by atoms with van der Waals surface area (Å²) < 4.78 is 0. The Kier molecular flexibility index (Phi) is 6.34. The van der Waals surface area contributed by atoms with Crippen molar-refractivity contribution < 1.29 is 4.79 Å². The molecular weight excluding hydrogens is 307 g/mol. The summed E-state index contributed by atoms with van der Waals surface area (Å²) in [4.78, 5) is 14.6. The van der Waals surface area contributed by atoms with Crippen molar-refractivity contribution in [3.8, 4) is 0 Å². The lowest BCUT2D eigenvalue weighted by Gasteiger charge is -2.26. The summed E-state index contributed by atoms with van der Waals surface area (Å²) in [5, 5.41) is 4.35. The lowest BCUT2D eigenvalue weighted by atomic mass is 10.1. The van der Waals surface area contributed by atoms with Gasteiger partial charge in [0.25, 0.3) is 5.91 Å². The second-order valence-electron chi connectivity index (χ2n) is 5.53. The van der Waals surface area contributed by atoms with Crippen molar-refractivity contribution in [1.29, 1.82) is 0 Å². The third-order valence-corrected chi connectivity index (χ3v) is 4.58. The summed E-state index contributed by atoms with van der Waals surface area (Å²) in [7, 11) is 0. The first-order chi connectivity index (χ1) is 10.1. The van der Waals surface area contributed by atoms with E-state index in [9.17, 15) is 4.79 Å². The molecule has 1 heterocycles. The largest absolute Gasteiger partial charge is 0.337 e. The Bertz CT molecular complexity index is 487. The maximum atomic E-state index is 12.7. The molecule has 1 N–H and O–H groups in total. The van der Waals surface area contributed by atoms with Gasteiger partial charge >= 0.3 is 0 Å². The van der Waals surface area contributed by atoms with Gasteiger partial charge in [0.1, 0.15) is 0 Å². The van der Waals surface area contributed by atoms with E-state index in [1.54, 1.807) is 18.2 Å². The molecule has 0 bridgehead atoms. The number of hydrogen-bond donors (Lipinski definition) is 1. The number of halogens is 2. The Morgan fingerprint density at radius 1 is 1.38 bits per heavy atom. The molecule has 1 aliphatic heterocycles. The van der Waals surface area contributed by atoms with E-state index < -0.39 is 0 Å². The molecule has 1 aliphatic rings. The summed E-state index contributed by atoms with van der Waals surface area (Å²) in [5.74, 6) is 0.0377. The van der Waals surface area contributed by atoms with Crippen LogP contribution in [0.15, 0.2) is 18.2 Å². The molecule has 1 amide bonds. The topological polar surface area (TPSA) is 32.3 Å². The van der Waals surface area contributed by atoms with E-state index in [4.69, 9.17) is 23.2 Å². The van der Waals surface area contributed by atoms with Crippen LogP contribution in [0.3, 0.4) is 0 Å². The van der Waals surface area contributed by atoms with Crippen LogP contribution in [-0.4, -0.2) is 36.5 Å². The van der Waals surface area contributed by atoms with E-state index in [-0.39, 0.29) is 5.91 Å². The molecule has 21 heavy (non-hydrogen) atoms. The van der Waals surface area contributed by atoms with Crippen molar-refractivity contribution in [2.45, 2.75) is 38.6 Å². The minimum absolute atomic E-state index is 0.0377. The van der Waals surface area contributed by atoms with Gasteiger partial charge in [-0.2, -0.15) is 0 Å². The Hall–Kier alpha value is -0.770. The molecular formula is C16H22Cl2N2O. The molecule has 0 aliphatic carbocycles. The predicted molar refractivity (Wildman–Crippen MR) is 88.3 cm³/mol. The zero-order valence-corrected chi connectivity index (χ0v) is 13.9. The van der Waals surface area contributed by atoms with Crippen molar-refractivity contribution in [3.05, 3.63) is 33.8 Å². The SMILES string of the molecule is CCCCN(CC1CCCN1)C(=O)c1ccc(Cl)c(Cl)c1. The lowest BCUT2D eigenvalue weighted by molar-refractivity contribution is 0.0739. The average molecular weight is 329 g/mol. The fourth-order valence-electron chi connectivity index (χ4n) is 2.62. The number of carbonyl (C=O) groups is 1. The van der Waals surface area contributed by atoms with Crippen molar-refractivity contribution in [1.82, 2.24) is 10.2 Å². The average Bonchev–Trinajstić information content (AvgIpc) is 2.98. The first kappa shape index (κ1) is 16.6. The predicted octanol–water partition coefficient (Wildman–Crippen LogP) is 3.99. The monoisotopic (exact) mass is 328 g/mol. The van der Waals surface area contributed by atoms with E-state index in [0.717, 1.165) is 38.9 Å². The van der Waals surface area contributed by atoms with E-state index >= 15 is 0 Å². The molecule has 1 aromatic carbocycles. The molecule has 2 rings (SSSR count). The molecule has 0 aromatic heterocycles. The minimum Gasteiger partial charge on any atom is -0.337 e. The van der Waals surface area contributed by atoms with Gasteiger partial charge in [0.05, 0.1) is 10.0 Å². The number of unbranched alkanes of at least 4 members (excludes halogenated alkanes) is 1. The van der Waals surface area contributed by atoms with Gasteiger partial charge in [-0.1, -0.05) is 36.5 Å². The Morgan fingerprint density at radius 2 is 2.19 bits per heavy atom. The van der Waals surface area contributed by atoms with Crippen LogP contribution in [0.2, 0.25) is 10.0 Å². The summed E-state index contributed by atoms with van der Waals surface area (Å²) in [6.45, 7) is 4.73. The summed E-state index contributed by atoms with van der Waals surface area (Å²) in [6.07, 6.45) is 4.41. The van der Waals surface area contributed by atoms with Crippen molar-refractivity contribution in [2.24, 2.45) is 0 Å². The number of carbonyl (C=O) groups excluding carboxylic acids is 1. The van der Waals surface area contributed by atoms with E-state index in [1.807, 2.05) is 4.90 Å². The van der Waals surface area contributed by atoms with Crippen LogP contribution in [0, 0.1) is 0 Å². The van der Waals surface area contributed by atoms with Crippen LogP contribution in [0.5, 0.6) is 0 Å². The molecule has 0 radical (unpaired) electrons. The van der Waals surface area contributed by atoms with Gasteiger partial charge in [-0.05, 0) is 44.0 Å². The van der Waals surface area contributed by atoms with Gasteiger partial charge in [-0.15, -0.1) is 0 Å². The molecule has 5 heteroatoms. The highest BCUT2D eigenvalue weighted by Crippen LogP contribution is 2.23. The molecule has 1 fully saturated rings. The molecule has 3 nitrogen and oxygen atoms in total. The smallest absolute Gasteiger partial charge is 0.253 e. The highest BCUT2D eigenvalue weighted by Gasteiger charge is 2.22. The van der Waals surface area contributed by atoms with E-state index in [2.05, 4.69) is 12.2 Å². The zero-order valence-electron chi connectivity index (χ0n) is 12.4. The third-order valence-electron chi connectivity index (χ3n) is 3.84. The first-order valence-corrected chi connectivity index (χ1v) is 8.35. The normalized spacial score (nSPS) is 18.0. The maximum absolute atomic E-state index is 12.7. The maximum Gasteiger partial charge on any atom is 0.253 e. The van der Waals surface area contributed by atoms with Crippen LogP contribution in [0.25, 0.3) is 0 Å². The van der Waals surface area contributed by atoms with Gasteiger partial charge in [0.15, 0.2) is 0 Å². The van der Waals surface area contributed by atoms with Gasteiger partial charge in [-0.3, -0.25) is 4.79 Å². The standard InChI is InChI=1S/C16H22Cl2N2O/c1-2-3-9-20(11-13-5-4-8-19-13)16(21)12-6-7-14(17)15(18)10-12/h6-7,10,13,19H,2-5,8-9,11H2,1H3. The number of amides is 1. The van der Waals surface area contributed by atoms with E-state index in [0.29, 0.717) is 21.7 Å². The molecule has 1 atom stereocenters. The fraction of sp³-hybridized carbons (Fsp3) is 0.562. The van der Waals surface area contributed by atoms with Gasteiger partial charge in [0, 0.05) is 24.7 Å². The third kappa shape index (κ3) is 4.60. The Labute approximate surface area is 136 Å². The summed E-state index contributed by atoms with van der Waals surface area (Å²) in [6, 6.07) is 5.50. The number of hydrogen-bond acceptors (Lipinski definition) is 2. The summed E-state index contributed by atoms with van der Waals surface area (Å²) in [5.41, 5.74) is 0.610. The number of rotatable bonds is 6. The molecule has 116 valence electrons. The van der Waals surface area contributed by atoms with Gasteiger partial charge < -0.3 is 10.2 Å². The second-order valence-corrected chi connectivity index (χ2v) is 6.34. The second kappa shape index (κ2) is 8.02. The molecule has 0 spiro atoms. The molecule has 0 saturated carbocycles. The lowest BCUT2D eigenvalue weighted by Crippen LogP contribution is -2.41. The van der Waals surface area contributed by atoms with Crippen LogP contribution < -0.4 is 5.32 Å². The van der Waals surface area contributed by atoms with Crippen LogP contribution in [0.1, 0.15) is 43.0 Å². The van der Waals surface area contributed by atoms with Gasteiger partial charge in [-0.25, -0.2) is 0 Å². The van der Waals surface area contributed by atoms with Crippen molar-refractivity contribution in [3.63, 3.8) is 0 Å². The van der Waals surface area contributed by atoms with Crippen LogP contribution in [0.4, 0.5) is 0 Å². The van der Waals surface area contributed by atoms with Gasteiger partial charge in [0.2, 0.25) is 0 Å². The number of benzene rings is 1. The Morgan fingerprint density at radius 3 is 2.81 bits per heavy atom.